The van der Waals surface area contributed by atoms with E-state index in [1.165, 1.54) is 0 Å². The molecule has 1 fully saturated rings. The first-order valence-electron chi connectivity index (χ1n) is 6.75. The van der Waals surface area contributed by atoms with Crippen molar-refractivity contribution in [3.05, 3.63) is 24.0 Å². The first-order chi connectivity index (χ1) is 9.13. The molecule has 19 heavy (non-hydrogen) atoms. The number of carbonyl (C=O) groups is 1. The molecule has 106 valence electrons. The normalized spacial score (nSPS) is 23.6. The number of aliphatic hydroxyl groups excluding tert-OH is 1. The van der Waals surface area contributed by atoms with E-state index < -0.39 is 0 Å². The van der Waals surface area contributed by atoms with Crippen molar-refractivity contribution in [2.45, 2.75) is 26.0 Å². The Balaban J connectivity index is 2.05. The molecule has 0 spiro atoms. The smallest absolute Gasteiger partial charge is 0.270 e. The first-order valence-corrected chi connectivity index (χ1v) is 6.75. The van der Waals surface area contributed by atoms with Crippen molar-refractivity contribution >= 4 is 5.91 Å². The molecule has 2 atom stereocenters. The lowest BCUT2D eigenvalue weighted by molar-refractivity contribution is 0.0290. The minimum absolute atomic E-state index is 0.0415. The maximum absolute atomic E-state index is 12.5. The van der Waals surface area contributed by atoms with Crippen LogP contribution >= 0.6 is 0 Å². The van der Waals surface area contributed by atoms with Gasteiger partial charge in [0.05, 0.1) is 12.7 Å². The number of rotatable bonds is 4. The molecule has 1 aromatic heterocycles. The second kappa shape index (κ2) is 6.21. The van der Waals surface area contributed by atoms with Gasteiger partial charge in [0.15, 0.2) is 0 Å². The minimum atomic E-state index is -0.288. The maximum Gasteiger partial charge on any atom is 0.270 e. The van der Waals surface area contributed by atoms with E-state index in [9.17, 15) is 9.90 Å². The second-order valence-electron chi connectivity index (χ2n) is 5.16. The zero-order valence-electron chi connectivity index (χ0n) is 11.6. The Bertz CT molecular complexity index is 430. The van der Waals surface area contributed by atoms with Crippen molar-refractivity contribution in [2.24, 2.45) is 5.92 Å². The van der Waals surface area contributed by atoms with Crippen molar-refractivity contribution in [1.82, 2.24) is 9.47 Å². The summed E-state index contributed by atoms with van der Waals surface area (Å²) in [6.45, 7) is 4.49. The number of ether oxygens (including phenoxy) is 1. The van der Waals surface area contributed by atoms with E-state index in [0.29, 0.717) is 38.4 Å². The van der Waals surface area contributed by atoms with Crippen LogP contribution in [0.2, 0.25) is 0 Å². The molecule has 0 aliphatic carbocycles. The third-order valence-electron chi connectivity index (χ3n) is 3.73. The third kappa shape index (κ3) is 3.16. The van der Waals surface area contributed by atoms with Gasteiger partial charge in [0, 0.05) is 32.9 Å². The van der Waals surface area contributed by atoms with Gasteiger partial charge in [-0.25, -0.2) is 0 Å². The van der Waals surface area contributed by atoms with Gasteiger partial charge in [0.1, 0.15) is 5.69 Å². The molecular weight excluding hydrogens is 244 g/mol. The molecule has 1 aromatic rings. The van der Waals surface area contributed by atoms with E-state index in [-0.39, 0.29) is 17.9 Å². The Morgan fingerprint density at radius 1 is 1.58 bits per heavy atom. The average molecular weight is 266 g/mol. The summed E-state index contributed by atoms with van der Waals surface area (Å²) in [6, 6.07) is 3.72. The van der Waals surface area contributed by atoms with Crippen LogP contribution in [-0.4, -0.2) is 53.4 Å². The molecule has 0 bridgehead atoms. The Labute approximate surface area is 113 Å². The molecule has 0 aromatic carbocycles. The molecule has 1 saturated heterocycles. The number of aliphatic hydroxyl groups is 1. The minimum Gasteiger partial charge on any atom is -0.393 e. The van der Waals surface area contributed by atoms with E-state index in [2.05, 4.69) is 0 Å². The van der Waals surface area contributed by atoms with E-state index in [1.54, 1.807) is 7.11 Å². The summed E-state index contributed by atoms with van der Waals surface area (Å²) < 4.78 is 6.97. The van der Waals surface area contributed by atoms with Gasteiger partial charge in [0.2, 0.25) is 0 Å². The van der Waals surface area contributed by atoms with Crippen molar-refractivity contribution in [1.29, 1.82) is 0 Å². The highest BCUT2D eigenvalue weighted by atomic mass is 16.5. The Kier molecular flexibility index (Phi) is 4.61. The summed E-state index contributed by atoms with van der Waals surface area (Å²) in [4.78, 5) is 14.3. The lowest BCUT2D eigenvalue weighted by Gasteiger charge is -2.34. The van der Waals surface area contributed by atoms with Crippen LogP contribution in [-0.2, 0) is 11.3 Å². The summed E-state index contributed by atoms with van der Waals surface area (Å²) in [5.74, 6) is 0.181. The van der Waals surface area contributed by atoms with Crippen molar-refractivity contribution in [3.8, 4) is 0 Å². The van der Waals surface area contributed by atoms with Crippen LogP contribution in [0.4, 0.5) is 0 Å². The van der Waals surface area contributed by atoms with Gasteiger partial charge in [0.25, 0.3) is 5.91 Å². The summed E-state index contributed by atoms with van der Waals surface area (Å²) in [7, 11) is 1.65. The highest BCUT2D eigenvalue weighted by molar-refractivity contribution is 5.92. The number of amides is 1. The highest BCUT2D eigenvalue weighted by Gasteiger charge is 2.28. The fourth-order valence-electron chi connectivity index (χ4n) is 2.47. The number of hydrogen-bond acceptors (Lipinski definition) is 3. The molecule has 5 heteroatoms. The van der Waals surface area contributed by atoms with Crippen LogP contribution in [0, 0.1) is 5.92 Å². The number of piperidine rings is 1. The van der Waals surface area contributed by atoms with Crippen LogP contribution in [0.15, 0.2) is 18.3 Å². The lowest BCUT2D eigenvalue weighted by Crippen LogP contribution is -2.45. The number of likely N-dealkylation sites (tertiary alicyclic amines) is 1. The van der Waals surface area contributed by atoms with E-state index in [4.69, 9.17) is 4.74 Å². The SMILES string of the molecule is COCCn1cccc1C(=O)N1CCC(O)C(C)C1. The highest BCUT2D eigenvalue weighted by Crippen LogP contribution is 2.19. The summed E-state index contributed by atoms with van der Waals surface area (Å²) in [6.07, 6.45) is 2.27. The monoisotopic (exact) mass is 266 g/mol. The average Bonchev–Trinajstić information content (AvgIpc) is 2.87. The lowest BCUT2D eigenvalue weighted by atomic mass is 9.96. The van der Waals surface area contributed by atoms with Gasteiger partial charge in [-0.3, -0.25) is 4.79 Å². The number of hydrogen-bond donors (Lipinski definition) is 1. The number of aromatic nitrogens is 1. The molecule has 1 aliphatic heterocycles. The number of nitrogens with zero attached hydrogens (tertiary/aromatic N) is 2. The zero-order chi connectivity index (χ0) is 13.8. The van der Waals surface area contributed by atoms with E-state index in [0.717, 1.165) is 0 Å². The number of methoxy groups -OCH3 is 1. The molecule has 0 radical (unpaired) electrons. The molecule has 2 heterocycles. The van der Waals surface area contributed by atoms with Gasteiger partial charge < -0.3 is 19.3 Å². The van der Waals surface area contributed by atoms with Crippen molar-refractivity contribution in [2.75, 3.05) is 26.8 Å². The van der Waals surface area contributed by atoms with Crippen LogP contribution in [0.1, 0.15) is 23.8 Å². The largest absolute Gasteiger partial charge is 0.393 e. The molecule has 2 unspecified atom stereocenters. The van der Waals surface area contributed by atoms with Gasteiger partial charge >= 0.3 is 0 Å². The molecule has 1 N–H and O–H groups in total. The predicted octanol–water partition coefficient (Wildman–Crippen LogP) is 0.977. The Morgan fingerprint density at radius 3 is 3.05 bits per heavy atom. The zero-order valence-corrected chi connectivity index (χ0v) is 11.6. The second-order valence-corrected chi connectivity index (χ2v) is 5.16. The molecular formula is C14H22N2O3. The molecule has 1 amide bonds. The molecule has 0 saturated carbocycles. The first kappa shape index (κ1) is 14.1. The van der Waals surface area contributed by atoms with Gasteiger partial charge in [-0.1, -0.05) is 6.92 Å². The number of carbonyl (C=O) groups excluding carboxylic acids is 1. The molecule has 1 aliphatic rings. The van der Waals surface area contributed by atoms with Crippen LogP contribution in [0.3, 0.4) is 0 Å². The van der Waals surface area contributed by atoms with Gasteiger partial charge in [-0.15, -0.1) is 0 Å². The van der Waals surface area contributed by atoms with Crippen LogP contribution in [0.5, 0.6) is 0 Å². The Morgan fingerprint density at radius 2 is 2.37 bits per heavy atom. The molecule has 2 rings (SSSR count). The van der Waals surface area contributed by atoms with Gasteiger partial charge in [-0.2, -0.15) is 0 Å². The summed E-state index contributed by atoms with van der Waals surface area (Å²) >= 11 is 0. The predicted molar refractivity (Wildman–Crippen MR) is 72.0 cm³/mol. The third-order valence-corrected chi connectivity index (χ3v) is 3.73. The van der Waals surface area contributed by atoms with Crippen molar-refractivity contribution < 1.29 is 14.6 Å². The fraction of sp³-hybridized carbons (Fsp3) is 0.643. The van der Waals surface area contributed by atoms with Gasteiger partial charge in [-0.05, 0) is 24.5 Å². The summed E-state index contributed by atoms with van der Waals surface area (Å²) in [5.41, 5.74) is 0.695. The Hall–Kier alpha value is -1.33. The topological polar surface area (TPSA) is 54.7 Å². The van der Waals surface area contributed by atoms with E-state index in [1.807, 2.05) is 34.7 Å². The van der Waals surface area contributed by atoms with E-state index >= 15 is 0 Å². The van der Waals surface area contributed by atoms with Crippen molar-refractivity contribution in [3.63, 3.8) is 0 Å². The maximum atomic E-state index is 12.5. The van der Waals surface area contributed by atoms with Crippen LogP contribution < -0.4 is 0 Å². The summed E-state index contributed by atoms with van der Waals surface area (Å²) in [5, 5.41) is 9.72. The van der Waals surface area contributed by atoms with Crippen LogP contribution in [0.25, 0.3) is 0 Å². The fourth-order valence-corrected chi connectivity index (χ4v) is 2.47. The standard InChI is InChI=1S/C14H22N2O3/c1-11-10-16(7-5-13(11)17)14(18)12-4-3-6-15(12)8-9-19-2/h3-4,6,11,13,17H,5,7-10H2,1-2H3. The quantitative estimate of drug-likeness (QED) is 0.884. The molecule has 5 nitrogen and oxygen atoms in total.